The van der Waals surface area contributed by atoms with E-state index >= 15 is 0 Å². The lowest BCUT2D eigenvalue weighted by Crippen LogP contribution is -2.21. The van der Waals surface area contributed by atoms with Crippen LogP contribution in [0.2, 0.25) is 0 Å². The summed E-state index contributed by atoms with van der Waals surface area (Å²) in [5, 5.41) is 5.02. The van der Waals surface area contributed by atoms with Gasteiger partial charge in [-0.2, -0.15) is 0 Å². The van der Waals surface area contributed by atoms with Crippen molar-refractivity contribution < 1.29 is 13.9 Å². The highest BCUT2D eigenvalue weighted by Crippen LogP contribution is 2.31. The second-order valence-electron chi connectivity index (χ2n) is 7.25. The van der Waals surface area contributed by atoms with Crippen LogP contribution in [0.25, 0.3) is 21.9 Å². The maximum absolute atomic E-state index is 12.4. The summed E-state index contributed by atoms with van der Waals surface area (Å²) >= 11 is 0. The largest absolute Gasteiger partial charge is 0.483 e. The summed E-state index contributed by atoms with van der Waals surface area (Å²) in [5.41, 5.74) is 4.91. The van der Waals surface area contributed by atoms with E-state index in [0.29, 0.717) is 5.69 Å². The Balaban J connectivity index is 1.30. The number of anilines is 1. The summed E-state index contributed by atoms with van der Waals surface area (Å²) in [6.45, 7) is -0.00534. The number of carbonyl (C=O) groups is 1. The van der Waals surface area contributed by atoms with Gasteiger partial charge in [0.15, 0.2) is 6.61 Å². The summed E-state index contributed by atoms with van der Waals surface area (Å²) in [6.07, 6.45) is 4.52. The second-order valence-corrected chi connectivity index (χ2v) is 7.25. The first-order chi connectivity index (χ1) is 13.8. The molecule has 5 rings (SSSR count). The standard InChI is InChI=1S/C24H21NO3/c26-24(15-27-21-11-5-7-16-6-1-2-8-18(16)21)25-17-12-13-20-19-9-3-4-10-22(19)28-23(20)14-17/h3-5,7,9-14H,1-2,6,8,15H2,(H,25,26). The van der Waals surface area contributed by atoms with Crippen molar-refractivity contribution in [2.75, 3.05) is 11.9 Å². The summed E-state index contributed by atoms with van der Waals surface area (Å²) in [4.78, 5) is 12.4. The van der Waals surface area contributed by atoms with Gasteiger partial charge in [0.1, 0.15) is 16.9 Å². The lowest BCUT2D eigenvalue weighted by Gasteiger charge is -2.19. The number of benzene rings is 3. The van der Waals surface area contributed by atoms with E-state index in [-0.39, 0.29) is 12.5 Å². The second kappa shape index (κ2) is 7.04. The van der Waals surface area contributed by atoms with E-state index in [1.165, 1.54) is 24.0 Å². The van der Waals surface area contributed by atoms with Crippen LogP contribution >= 0.6 is 0 Å². The molecule has 0 aliphatic heterocycles. The van der Waals surface area contributed by atoms with Crippen LogP contribution in [0.1, 0.15) is 24.0 Å². The number of furan rings is 1. The number of carbonyl (C=O) groups excluding carboxylic acids is 1. The molecule has 0 radical (unpaired) electrons. The molecule has 1 N–H and O–H groups in total. The van der Waals surface area contributed by atoms with Gasteiger partial charge in [-0.15, -0.1) is 0 Å². The first-order valence-electron chi connectivity index (χ1n) is 9.73. The fraction of sp³-hybridized carbons (Fsp3) is 0.208. The summed E-state index contributed by atoms with van der Waals surface area (Å²) < 4.78 is 11.7. The molecule has 0 fully saturated rings. The molecule has 3 aromatic carbocycles. The molecule has 0 spiro atoms. The van der Waals surface area contributed by atoms with Crippen LogP contribution in [0.4, 0.5) is 5.69 Å². The zero-order valence-electron chi connectivity index (χ0n) is 15.5. The number of fused-ring (bicyclic) bond motifs is 4. The van der Waals surface area contributed by atoms with Gasteiger partial charge in [-0.1, -0.05) is 30.3 Å². The van der Waals surface area contributed by atoms with Gasteiger partial charge in [-0.3, -0.25) is 4.79 Å². The van der Waals surface area contributed by atoms with Crippen molar-refractivity contribution in [2.45, 2.75) is 25.7 Å². The SMILES string of the molecule is O=C(COc1cccc2c1CCCC2)Nc1ccc2c(c1)oc1ccccc12. The van der Waals surface area contributed by atoms with Crippen LogP contribution in [0.5, 0.6) is 5.75 Å². The van der Waals surface area contributed by atoms with E-state index in [4.69, 9.17) is 9.15 Å². The van der Waals surface area contributed by atoms with E-state index in [1.807, 2.05) is 54.6 Å². The molecule has 140 valence electrons. The van der Waals surface area contributed by atoms with Crippen molar-refractivity contribution in [3.05, 3.63) is 71.8 Å². The lowest BCUT2D eigenvalue weighted by atomic mass is 9.91. The van der Waals surface area contributed by atoms with Crippen molar-refractivity contribution in [1.29, 1.82) is 0 Å². The summed E-state index contributed by atoms with van der Waals surface area (Å²) in [6, 6.07) is 19.8. The maximum Gasteiger partial charge on any atom is 0.262 e. The smallest absolute Gasteiger partial charge is 0.262 e. The number of amides is 1. The highest BCUT2D eigenvalue weighted by atomic mass is 16.5. The molecule has 4 heteroatoms. The van der Waals surface area contributed by atoms with Gasteiger partial charge < -0.3 is 14.5 Å². The van der Waals surface area contributed by atoms with Gasteiger partial charge in [0, 0.05) is 22.5 Å². The number of ether oxygens (including phenoxy) is 1. The molecule has 1 aromatic heterocycles. The number of para-hydroxylation sites is 1. The van der Waals surface area contributed by atoms with Crippen LogP contribution in [0, 0.1) is 0 Å². The van der Waals surface area contributed by atoms with Gasteiger partial charge in [0.2, 0.25) is 0 Å². The fourth-order valence-electron chi connectivity index (χ4n) is 4.03. The van der Waals surface area contributed by atoms with Gasteiger partial charge >= 0.3 is 0 Å². The number of aryl methyl sites for hydroxylation is 1. The molecular formula is C24H21NO3. The normalized spacial score (nSPS) is 13.4. The Hall–Kier alpha value is -3.27. The molecule has 1 amide bonds. The Morgan fingerprint density at radius 3 is 2.75 bits per heavy atom. The van der Waals surface area contributed by atoms with Crippen LogP contribution in [0.15, 0.2) is 65.1 Å². The number of hydrogen-bond donors (Lipinski definition) is 1. The predicted octanol–water partition coefficient (Wildman–Crippen LogP) is 5.48. The molecule has 0 saturated heterocycles. The van der Waals surface area contributed by atoms with Crippen molar-refractivity contribution >= 4 is 33.5 Å². The fourth-order valence-corrected chi connectivity index (χ4v) is 4.03. The summed E-state index contributed by atoms with van der Waals surface area (Å²) in [5.74, 6) is 0.656. The Kier molecular flexibility index (Phi) is 4.24. The third-order valence-corrected chi connectivity index (χ3v) is 5.37. The molecule has 0 bridgehead atoms. The van der Waals surface area contributed by atoms with Gasteiger partial charge in [-0.05, 0) is 61.1 Å². The van der Waals surface area contributed by atoms with Gasteiger partial charge in [0.05, 0.1) is 0 Å². The molecule has 0 saturated carbocycles. The number of nitrogens with one attached hydrogen (secondary N) is 1. The molecule has 0 unspecified atom stereocenters. The van der Waals surface area contributed by atoms with Gasteiger partial charge in [0.25, 0.3) is 5.91 Å². The van der Waals surface area contributed by atoms with Crippen molar-refractivity contribution in [2.24, 2.45) is 0 Å². The Morgan fingerprint density at radius 2 is 1.79 bits per heavy atom. The average molecular weight is 371 g/mol. The van der Waals surface area contributed by atoms with E-state index in [1.54, 1.807) is 0 Å². The van der Waals surface area contributed by atoms with E-state index in [9.17, 15) is 4.79 Å². The molecule has 1 heterocycles. The zero-order valence-corrected chi connectivity index (χ0v) is 15.5. The average Bonchev–Trinajstić information content (AvgIpc) is 3.10. The molecule has 1 aliphatic carbocycles. The molecule has 28 heavy (non-hydrogen) atoms. The molecule has 0 atom stereocenters. The first kappa shape index (κ1) is 16.9. The predicted molar refractivity (Wildman–Crippen MR) is 111 cm³/mol. The Bertz CT molecular complexity index is 1180. The molecular weight excluding hydrogens is 350 g/mol. The first-order valence-corrected chi connectivity index (χ1v) is 9.73. The number of rotatable bonds is 4. The van der Waals surface area contributed by atoms with E-state index < -0.39 is 0 Å². The minimum Gasteiger partial charge on any atom is -0.483 e. The van der Waals surface area contributed by atoms with Crippen LogP contribution in [-0.2, 0) is 17.6 Å². The Labute approximate surface area is 163 Å². The topological polar surface area (TPSA) is 51.5 Å². The molecule has 1 aliphatic rings. The maximum atomic E-state index is 12.4. The van der Waals surface area contributed by atoms with Crippen molar-refractivity contribution in [1.82, 2.24) is 0 Å². The molecule has 4 nitrogen and oxygen atoms in total. The lowest BCUT2D eigenvalue weighted by molar-refractivity contribution is -0.118. The van der Waals surface area contributed by atoms with Gasteiger partial charge in [-0.25, -0.2) is 0 Å². The highest BCUT2D eigenvalue weighted by molar-refractivity contribution is 6.06. The summed E-state index contributed by atoms with van der Waals surface area (Å²) in [7, 11) is 0. The highest BCUT2D eigenvalue weighted by Gasteiger charge is 2.15. The van der Waals surface area contributed by atoms with Crippen LogP contribution in [0.3, 0.4) is 0 Å². The monoisotopic (exact) mass is 371 g/mol. The minimum absolute atomic E-state index is 0.00534. The van der Waals surface area contributed by atoms with Crippen molar-refractivity contribution in [3.8, 4) is 5.75 Å². The quantitative estimate of drug-likeness (QED) is 0.517. The van der Waals surface area contributed by atoms with E-state index in [2.05, 4.69) is 11.4 Å². The third kappa shape index (κ3) is 3.11. The number of hydrogen-bond acceptors (Lipinski definition) is 3. The Morgan fingerprint density at radius 1 is 0.929 bits per heavy atom. The van der Waals surface area contributed by atoms with Crippen LogP contribution in [-0.4, -0.2) is 12.5 Å². The minimum atomic E-state index is -0.177. The van der Waals surface area contributed by atoms with Crippen molar-refractivity contribution in [3.63, 3.8) is 0 Å². The zero-order chi connectivity index (χ0) is 18.9. The van der Waals surface area contributed by atoms with E-state index in [0.717, 1.165) is 40.5 Å². The third-order valence-electron chi connectivity index (χ3n) is 5.37. The van der Waals surface area contributed by atoms with Crippen LogP contribution < -0.4 is 10.1 Å². The molecule has 4 aromatic rings.